The summed E-state index contributed by atoms with van der Waals surface area (Å²) in [6.07, 6.45) is 1.22. The van der Waals surface area contributed by atoms with Gasteiger partial charge in [0.05, 0.1) is 72.7 Å². The van der Waals surface area contributed by atoms with Crippen LogP contribution in [0.1, 0.15) is 22.3 Å². The third-order valence-electron chi connectivity index (χ3n) is 9.83. The second-order valence-corrected chi connectivity index (χ2v) is 16.0. The summed E-state index contributed by atoms with van der Waals surface area (Å²) in [5.41, 5.74) is 6.26. The molecule has 0 amide bonds. The number of ether oxygens (including phenoxy) is 12. The number of benzene rings is 4. The predicted molar refractivity (Wildman–Crippen MR) is 241 cm³/mol. The first kappa shape index (κ1) is 48.6. The Morgan fingerprint density at radius 1 is 0.410 bits per heavy atom. The summed E-state index contributed by atoms with van der Waals surface area (Å²) in [6.45, 7) is 6.96. The maximum Gasteiger partial charge on any atom is 0.213 e. The van der Waals surface area contributed by atoms with Gasteiger partial charge in [0.1, 0.15) is 56.0 Å². The fraction of sp³-hybridized carbons (Fsp3) is 0.468. The number of hydrogen-bond acceptors (Lipinski definition) is 12. The van der Waals surface area contributed by atoms with Crippen LogP contribution in [0.25, 0.3) is 11.1 Å². The van der Waals surface area contributed by atoms with E-state index in [1.54, 1.807) is 21.3 Å². The Labute approximate surface area is 377 Å². The van der Waals surface area contributed by atoms with Crippen molar-refractivity contribution in [2.45, 2.75) is 18.3 Å². The smallest absolute Gasteiger partial charge is 0.213 e. The van der Waals surface area contributed by atoms with Gasteiger partial charge in [-0.1, -0.05) is 44.0 Å². The van der Waals surface area contributed by atoms with Crippen molar-refractivity contribution in [3.8, 4) is 34.1 Å². The summed E-state index contributed by atoms with van der Waals surface area (Å²) in [7, 11) is 8.37. The molecule has 0 saturated carbocycles. The van der Waals surface area contributed by atoms with Crippen molar-refractivity contribution in [1.82, 2.24) is 0 Å². The summed E-state index contributed by atoms with van der Waals surface area (Å²) in [4.78, 5) is 0. The van der Waals surface area contributed by atoms with Gasteiger partial charge in [-0.25, -0.2) is 0 Å². The van der Waals surface area contributed by atoms with Crippen LogP contribution in [0.4, 0.5) is 0 Å². The number of hydrogen-bond donors (Lipinski definition) is 0. The number of fused-ring (bicyclic) bond motifs is 3. The maximum absolute atomic E-state index is 6.31. The van der Waals surface area contributed by atoms with E-state index < -0.39 is 5.41 Å². The van der Waals surface area contributed by atoms with Crippen molar-refractivity contribution in [3.05, 3.63) is 111 Å². The van der Waals surface area contributed by atoms with Crippen molar-refractivity contribution >= 4 is 31.9 Å². The highest BCUT2D eigenvalue weighted by Crippen LogP contribution is 2.54. The Balaban J connectivity index is 1.54. The van der Waals surface area contributed by atoms with Gasteiger partial charge >= 0.3 is 0 Å². The zero-order valence-electron chi connectivity index (χ0n) is 35.5. The third kappa shape index (κ3) is 15.4. The standard InChI is InChI=1S/C47H59Br2O12/c1-50-9-13-54-17-21-58-39-25-35(26-40(31-39)59-22-18-55-14-10-51-2)33-47(45-29-37(48)5-7-43(45)44-8-6-38(49)30-46(44)47)34-36-27-41(60-23-19-56-15-11-52-3)32-42(28-36)61-24-20-57-16-12-53-4/h5-8,25-32H,1,9-24,33-34H2,2-4H3/q+1. The van der Waals surface area contributed by atoms with Crippen LogP contribution in [0, 0.1) is 7.11 Å². The zero-order chi connectivity index (χ0) is 43.1. The van der Waals surface area contributed by atoms with Crippen LogP contribution in [0.2, 0.25) is 0 Å². The highest BCUT2D eigenvalue weighted by molar-refractivity contribution is 9.10. The van der Waals surface area contributed by atoms with Crippen LogP contribution in [-0.2, 0) is 56.2 Å². The monoisotopic (exact) mass is 973 g/mol. The van der Waals surface area contributed by atoms with Crippen LogP contribution < -0.4 is 18.9 Å². The minimum absolute atomic E-state index is 0.348. The highest BCUT2D eigenvalue weighted by atomic mass is 79.9. The Hall–Kier alpha value is -3.41. The van der Waals surface area contributed by atoms with Gasteiger partial charge in [0.25, 0.3) is 0 Å². The quantitative estimate of drug-likeness (QED) is 0.0347. The van der Waals surface area contributed by atoms with E-state index in [9.17, 15) is 0 Å². The van der Waals surface area contributed by atoms with Crippen LogP contribution >= 0.6 is 31.9 Å². The molecule has 332 valence electrons. The molecule has 0 atom stereocenters. The van der Waals surface area contributed by atoms with E-state index in [-0.39, 0.29) is 0 Å². The summed E-state index contributed by atoms with van der Waals surface area (Å²) in [5.74, 6) is 2.72. The van der Waals surface area contributed by atoms with Crippen molar-refractivity contribution < 1.29 is 56.8 Å². The second kappa shape index (κ2) is 26.9. The van der Waals surface area contributed by atoms with Crippen LogP contribution in [0.5, 0.6) is 23.0 Å². The molecule has 0 bridgehead atoms. The Morgan fingerprint density at radius 2 is 0.738 bits per heavy atom. The molecule has 0 saturated heterocycles. The molecule has 4 aromatic rings. The molecule has 0 aliphatic heterocycles. The van der Waals surface area contributed by atoms with Gasteiger partial charge in [-0.15, -0.1) is 0 Å². The normalized spacial score (nSPS) is 12.6. The molecular formula is C47H59Br2O12+. The summed E-state index contributed by atoms with van der Waals surface area (Å²) in [5, 5.41) is 0. The van der Waals surface area contributed by atoms with Gasteiger partial charge in [-0.3, -0.25) is 0 Å². The molecule has 0 radical (unpaired) electrons. The summed E-state index contributed by atoms with van der Waals surface area (Å²) < 4.78 is 70.2. The van der Waals surface area contributed by atoms with Gasteiger partial charge in [0.2, 0.25) is 7.11 Å². The molecule has 5 rings (SSSR count). The van der Waals surface area contributed by atoms with E-state index in [0.717, 1.165) is 20.1 Å². The lowest BCUT2D eigenvalue weighted by molar-refractivity contribution is 0.0532. The first-order valence-corrected chi connectivity index (χ1v) is 22.0. The molecular weight excluding hydrogens is 916 g/mol. The largest absolute Gasteiger partial charge is 0.491 e. The second-order valence-electron chi connectivity index (χ2n) is 14.2. The lowest BCUT2D eigenvalue weighted by Crippen LogP contribution is -2.31. The molecule has 61 heavy (non-hydrogen) atoms. The molecule has 0 spiro atoms. The fourth-order valence-electron chi connectivity index (χ4n) is 7.21. The van der Waals surface area contributed by atoms with Crippen molar-refractivity contribution in [2.24, 2.45) is 0 Å². The zero-order valence-corrected chi connectivity index (χ0v) is 38.7. The lowest BCUT2D eigenvalue weighted by Gasteiger charge is -2.33. The minimum Gasteiger partial charge on any atom is -0.491 e. The lowest BCUT2D eigenvalue weighted by atomic mass is 9.69. The van der Waals surface area contributed by atoms with Gasteiger partial charge in [0.15, 0.2) is 0 Å². The van der Waals surface area contributed by atoms with Gasteiger partial charge in [-0.2, -0.15) is 4.74 Å². The molecule has 4 aromatic carbocycles. The van der Waals surface area contributed by atoms with E-state index >= 15 is 0 Å². The number of rotatable bonds is 32. The predicted octanol–water partition coefficient (Wildman–Crippen LogP) is 8.29. The Bertz CT molecular complexity index is 1690. The minimum atomic E-state index is -0.558. The van der Waals surface area contributed by atoms with Crippen molar-refractivity contribution in [2.75, 3.05) is 127 Å². The van der Waals surface area contributed by atoms with E-state index in [1.165, 1.54) is 22.3 Å². The molecule has 1 aliphatic rings. The molecule has 0 N–H and O–H groups in total. The maximum atomic E-state index is 6.31. The summed E-state index contributed by atoms with van der Waals surface area (Å²) >= 11 is 7.65. The topological polar surface area (TPSA) is 111 Å². The average Bonchev–Trinajstić information content (AvgIpc) is 3.49. The highest BCUT2D eigenvalue weighted by Gasteiger charge is 2.44. The molecule has 0 unspecified atom stereocenters. The molecule has 14 heteroatoms. The van der Waals surface area contributed by atoms with Crippen molar-refractivity contribution in [1.29, 1.82) is 0 Å². The third-order valence-corrected chi connectivity index (χ3v) is 10.8. The van der Waals surface area contributed by atoms with Crippen LogP contribution in [0.15, 0.2) is 81.7 Å². The number of methoxy groups -OCH3 is 3. The average molecular weight is 976 g/mol. The molecule has 1 aliphatic carbocycles. The molecule has 0 aromatic heterocycles. The van der Waals surface area contributed by atoms with E-state index in [0.29, 0.717) is 142 Å². The first-order valence-electron chi connectivity index (χ1n) is 20.4. The SMILES string of the molecule is [CH2+]OCCOCCOc1cc(CC2(Cc3cc(OCCOCCOC)cc(OCCOCCOC)c3)c3cc(Br)ccc3-c3ccc(Br)cc32)cc(OCCOCCOC)c1. The van der Waals surface area contributed by atoms with Crippen molar-refractivity contribution in [3.63, 3.8) is 0 Å². The fourth-order valence-corrected chi connectivity index (χ4v) is 7.93. The molecule has 0 heterocycles. The summed E-state index contributed by atoms with van der Waals surface area (Å²) in [6, 6.07) is 25.3. The van der Waals surface area contributed by atoms with E-state index in [1.807, 2.05) is 12.1 Å². The Kier molecular flexibility index (Phi) is 21.5. The van der Waals surface area contributed by atoms with Gasteiger partial charge < -0.3 is 52.1 Å². The molecule has 12 nitrogen and oxygen atoms in total. The van der Waals surface area contributed by atoms with Gasteiger partial charge in [0, 0.05) is 47.8 Å². The van der Waals surface area contributed by atoms with Gasteiger partial charge in [-0.05, 0) is 94.8 Å². The van der Waals surface area contributed by atoms with E-state index in [4.69, 9.17) is 56.8 Å². The molecule has 0 fully saturated rings. The Morgan fingerprint density at radius 3 is 1.07 bits per heavy atom. The number of halogens is 2. The van der Waals surface area contributed by atoms with Crippen LogP contribution in [0.3, 0.4) is 0 Å². The first-order chi connectivity index (χ1) is 29.9. The van der Waals surface area contributed by atoms with Crippen LogP contribution in [-0.4, -0.2) is 127 Å². The van der Waals surface area contributed by atoms with E-state index in [2.05, 4.69) is 99.6 Å².